The van der Waals surface area contributed by atoms with Crippen LogP contribution in [0.5, 0.6) is 0 Å². The van der Waals surface area contributed by atoms with E-state index in [1.807, 2.05) is 21.1 Å². The molecule has 10 heteroatoms. The van der Waals surface area contributed by atoms with Gasteiger partial charge in [0.15, 0.2) is 6.10 Å². The van der Waals surface area contributed by atoms with Crippen LogP contribution >= 0.6 is 7.82 Å². The minimum Gasteiger partial charge on any atom is -0.756 e. The van der Waals surface area contributed by atoms with Gasteiger partial charge in [0.25, 0.3) is 7.82 Å². The Kier molecular flexibility index (Phi) is 67.0. The number of esters is 2. The zero-order valence-electron chi connectivity index (χ0n) is 59.1. The number of phosphoric acid groups is 1. The first-order chi connectivity index (χ1) is 44.0. The standard InChI is InChI=1S/C80H140NO8P/c1-6-8-10-12-14-16-18-20-22-24-26-28-30-32-34-36-38-39-40-41-43-45-47-49-51-53-55-57-59-61-63-65-67-69-71-73-80(83)89-78(77-88-90(84,85)87-75-74-81(3,4)5)76-86-79(82)72-70-68-66-64-62-60-58-56-54-52-50-48-46-44-42-37-35-33-31-29-27-25-23-21-19-17-15-13-11-9-7-2/h8,10,14,16,19-22,25-28,32,34,38-39,41,43,47,49,78H,6-7,9,11-13,15,17-18,23-24,29-31,33,35-37,40,42,44-46,48,50-77H2,1-5H3/b10-8-,16-14-,21-19-,22-20-,27-25-,28-26-,34-32-,39-38-,43-41-,49-47-. The summed E-state index contributed by atoms with van der Waals surface area (Å²) in [4.78, 5) is 38.1. The van der Waals surface area contributed by atoms with Gasteiger partial charge in [-0.1, -0.05) is 322 Å². The van der Waals surface area contributed by atoms with Crippen LogP contribution in [0.1, 0.15) is 322 Å². The molecule has 0 aliphatic rings. The first-order valence-corrected chi connectivity index (χ1v) is 38.7. The normalized spacial score (nSPS) is 13.8. The molecule has 0 aromatic carbocycles. The van der Waals surface area contributed by atoms with Gasteiger partial charge in [-0.2, -0.15) is 0 Å². The molecule has 2 unspecified atom stereocenters. The number of nitrogens with zero attached hydrogens (tertiary/aromatic N) is 1. The summed E-state index contributed by atoms with van der Waals surface area (Å²) < 4.78 is 34.4. The number of unbranched alkanes of at least 4 members (excludes halogenated alkanes) is 34. The van der Waals surface area contributed by atoms with Gasteiger partial charge in [-0.3, -0.25) is 14.2 Å². The maximum atomic E-state index is 12.9. The Balaban J connectivity index is 4.05. The number of quaternary nitrogens is 1. The van der Waals surface area contributed by atoms with Crippen molar-refractivity contribution in [3.05, 3.63) is 122 Å². The number of carbonyl (C=O) groups is 2. The fourth-order valence-corrected chi connectivity index (χ4v) is 11.0. The molecule has 2 atom stereocenters. The van der Waals surface area contributed by atoms with E-state index in [1.54, 1.807) is 0 Å². The first kappa shape index (κ1) is 86.4. The molecule has 0 aromatic heterocycles. The van der Waals surface area contributed by atoms with E-state index in [4.69, 9.17) is 18.5 Å². The van der Waals surface area contributed by atoms with Crippen molar-refractivity contribution in [3.63, 3.8) is 0 Å². The lowest BCUT2D eigenvalue weighted by Crippen LogP contribution is -2.37. The number of hydrogen-bond acceptors (Lipinski definition) is 8. The van der Waals surface area contributed by atoms with E-state index in [1.165, 1.54) is 186 Å². The number of carbonyl (C=O) groups excluding carboxylic acids is 2. The molecule has 0 radical (unpaired) electrons. The third-order valence-electron chi connectivity index (χ3n) is 16.0. The summed E-state index contributed by atoms with van der Waals surface area (Å²) in [6, 6.07) is 0. The summed E-state index contributed by atoms with van der Waals surface area (Å²) in [6.07, 6.45) is 100. The monoisotopic (exact) mass is 1270 g/mol. The molecule has 0 spiro atoms. The minimum atomic E-state index is -4.65. The van der Waals surface area contributed by atoms with E-state index in [9.17, 15) is 19.0 Å². The SMILES string of the molecule is CC/C=C\C/C=C\C/C=C\C/C=C\C/C=C\C/C=C\C/C=C\C/C=C\CCCCCCCCCCCCC(=O)OC(COC(=O)CCCCCCCCCCCCCCCCCCCCC/C=C\C/C=C\CCCCCCC)COP(=O)([O-])OCC[N+](C)(C)C. The predicted octanol–water partition coefficient (Wildman–Crippen LogP) is 24.0. The third kappa shape index (κ3) is 73.5. The molecule has 9 nitrogen and oxygen atoms in total. The van der Waals surface area contributed by atoms with Crippen molar-refractivity contribution in [1.82, 2.24) is 0 Å². The van der Waals surface area contributed by atoms with Crippen LogP contribution in [0.2, 0.25) is 0 Å². The molecule has 0 fully saturated rings. The summed E-state index contributed by atoms with van der Waals surface area (Å²) in [5.41, 5.74) is 0. The molecule has 0 aliphatic carbocycles. The molecule has 0 heterocycles. The minimum absolute atomic E-state index is 0.0355. The van der Waals surface area contributed by atoms with Gasteiger partial charge in [-0.15, -0.1) is 0 Å². The van der Waals surface area contributed by atoms with Gasteiger partial charge in [-0.05, 0) is 109 Å². The number of allylic oxidation sites excluding steroid dienone is 20. The van der Waals surface area contributed by atoms with Crippen molar-refractivity contribution in [2.75, 3.05) is 47.5 Å². The number of rotatable bonds is 68. The zero-order valence-corrected chi connectivity index (χ0v) is 59.9. The van der Waals surface area contributed by atoms with Gasteiger partial charge in [-0.25, -0.2) is 0 Å². The Morgan fingerprint density at radius 2 is 0.633 bits per heavy atom. The van der Waals surface area contributed by atoms with Crippen molar-refractivity contribution in [3.8, 4) is 0 Å². The molecule has 518 valence electrons. The maximum absolute atomic E-state index is 12.9. The Bertz CT molecular complexity index is 1940. The lowest BCUT2D eigenvalue weighted by atomic mass is 10.0. The second-order valence-electron chi connectivity index (χ2n) is 25.9. The molecule has 0 rings (SSSR count). The molecule has 90 heavy (non-hydrogen) atoms. The Morgan fingerprint density at radius 1 is 0.356 bits per heavy atom. The van der Waals surface area contributed by atoms with Gasteiger partial charge < -0.3 is 27.9 Å². The quantitative estimate of drug-likeness (QED) is 0.0195. The van der Waals surface area contributed by atoms with E-state index >= 15 is 0 Å². The van der Waals surface area contributed by atoms with E-state index < -0.39 is 26.5 Å². The van der Waals surface area contributed by atoms with Crippen LogP contribution in [-0.4, -0.2) is 70.0 Å². The van der Waals surface area contributed by atoms with Gasteiger partial charge in [0.2, 0.25) is 0 Å². The Labute approximate surface area is 556 Å². The Hall–Kier alpha value is -3.59. The largest absolute Gasteiger partial charge is 0.756 e. The lowest BCUT2D eigenvalue weighted by molar-refractivity contribution is -0.870. The fourth-order valence-electron chi connectivity index (χ4n) is 10.3. The van der Waals surface area contributed by atoms with Crippen LogP contribution in [0.15, 0.2) is 122 Å². The van der Waals surface area contributed by atoms with Gasteiger partial charge in [0.1, 0.15) is 19.8 Å². The topological polar surface area (TPSA) is 111 Å². The molecule has 0 aromatic rings. The molecule has 0 N–H and O–H groups in total. The number of hydrogen-bond donors (Lipinski definition) is 0. The Morgan fingerprint density at radius 3 is 0.944 bits per heavy atom. The highest BCUT2D eigenvalue weighted by molar-refractivity contribution is 7.45. The van der Waals surface area contributed by atoms with Crippen LogP contribution in [-0.2, 0) is 32.7 Å². The molecular weight excluding hydrogens is 1130 g/mol. The van der Waals surface area contributed by atoms with Gasteiger partial charge in [0, 0.05) is 12.8 Å². The second-order valence-corrected chi connectivity index (χ2v) is 27.3. The molecule has 0 saturated carbocycles. The summed E-state index contributed by atoms with van der Waals surface area (Å²) in [5, 5.41) is 0. The van der Waals surface area contributed by atoms with Crippen molar-refractivity contribution in [2.24, 2.45) is 0 Å². The molecule has 0 aliphatic heterocycles. The third-order valence-corrected chi connectivity index (χ3v) is 16.9. The van der Waals surface area contributed by atoms with Crippen LogP contribution in [0.4, 0.5) is 0 Å². The second kappa shape index (κ2) is 69.7. The summed E-state index contributed by atoms with van der Waals surface area (Å²) in [7, 11) is 1.16. The van der Waals surface area contributed by atoms with E-state index in [0.29, 0.717) is 17.4 Å². The average Bonchev–Trinajstić information content (AvgIpc) is 3.61. The summed E-state index contributed by atoms with van der Waals surface area (Å²) in [5.74, 6) is -0.832. The smallest absolute Gasteiger partial charge is 0.306 e. The van der Waals surface area contributed by atoms with E-state index in [-0.39, 0.29) is 32.0 Å². The predicted molar refractivity (Wildman–Crippen MR) is 388 cm³/mol. The fraction of sp³-hybridized carbons (Fsp3) is 0.725. The molecule has 0 amide bonds. The maximum Gasteiger partial charge on any atom is 0.306 e. The van der Waals surface area contributed by atoms with Crippen LogP contribution in [0.3, 0.4) is 0 Å². The molecule has 0 saturated heterocycles. The average molecular weight is 1270 g/mol. The van der Waals surface area contributed by atoms with E-state index in [0.717, 1.165) is 103 Å². The van der Waals surface area contributed by atoms with Crippen molar-refractivity contribution in [2.45, 2.75) is 328 Å². The first-order valence-electron chi connectivity index (χ1n) is 37.2. The highest BCUT2D eigenvalue weighted by Crippen LogP contribution is 2.38. The van der Waals surface area contributed by atoms with Crippen LogP contribution in [0, 0.1) is 0 Å². The van der Waals surface area contributed by atoms with Crippen molar-refractivity contribution < 1.29 is 42.1 Å². The molecule has 0 bridgehead atoms. The van der Waals surface area contributed by atoms with Crippen molar-refractivity contribution in [1.29, 1.82) is 0 Å². The number of ether oxygens (including phenoxy) is 2. The summed E-state index contributed by atoms with van der Waals surface area (Å²) >= 11 is 0. The highest BCUT2D eigenvalue weighted by atomic mass is 31.2. The number of phosphoric ester groups is 1. The van der Waals surface area contributed by atoms with Crippen molar-refractivity contribution >= 4 is 19.8 Å². The molecular formula is C80H140NO8P. The lowest BCUT2D eigenvalue weighted by Gasteiger charge is -2.28. The highest BCUT2D eigenvalue weighted by Gasteiger charge is 2.22. The van der Waals surface area contributed by atoms with Crippen LogP contribution < -0.4 is 4.89 Å². The number of likely N-dealkylation sites (N-methyl/N-ethyl adjacent to an activating group) is 1. The van der Waals surface area contributed by atoms with Gasteiger partial charge >= 0.3 is 11.9 Å². The van der Waals surface area contributed by atoms with E-state index in [2.05, 4.69) is 135 Å². The zero-order chi connectivity index (χ0) is 65.5. The van der Waals surface area contributed by atoms with Gasteiger partial charge in [0.05, 0.1) is 27.7 Å². The van der Waals surface area contributed by atoms with Crippen LogP contribution in [0.25, 0.3) is 0 Å². The summed E-state index contributed by atoms with van der Waals surface area (Å²) in [6.45, 7) is 4.14.